The first-order chi connectivity index (χ1) is 8.93. The van der Waals surface area contributed by atoms with Crippen LogP contribution in [0.25, 0.3) is 0 Å². The maximum Gasteiger partial charge on any atom is 0.188 e. The summed E-state index contributed by atoms with van der Waals surface area (Å²) in [6.07, 6.45) is 2.74. The van der Waals surface area contributed by atoms with E-state index in [1.807, 2.05) is 0 Å². The quantitative estimate of drug-likeness (QED) is 0.496. The van der Waals surface area contributed by atoms with Crippen LogP contribution in [0, 0.1) is 34.5 Å². The number of hydrogen-bond acceptors (Lipinski definition) is 2. The van der Waals surface area contributed by atoms with Gasteiger partial charge in [-0.2, -0.15) is 0 Å². The van der Waals surface area contributed by atoms with Crippen LogP contribution in [0.5, 0.6) is 0 Å². The molecule has 4 fully saturated rings. The Bertz CT molecular complexity index is 378. The van der Waals surface area contributed by atoms with Gasteiger partial charge < -0.3 is 16.0 Å². The molecule has 0 aromatic rings. The van der Waals surface area contributed by atoms with Gasteiger partial charge in [0.1, 0.15) is 0 Å². The fourth-order valence-corrected chi connectivity index (χ4v) is 5.10. The third kappa shape index (κ3) is 1.87. The molecule has 0 aromatic carbocycles. The summed E-state index contributed by atoms with van der Waals surface area (Å²) in [5.74, 6) is 3.47. The first kappa shape index (κ1) is 13.2. The number of nitrogens with one attached hydrogen (secondary N) is 2. The topological polar surface area (TPSA) is 65.1 Å². The summed E-state index contributed by atoms with van der Waals surface area (Å²) in [5.41, 5.74) is 6.33. The number of nitrogens with zero attached hydrogens (tertiary/aromatic N) is 1. The van der Waals surface area contributed by atoms with E-state index in [-0.39, 0.29) is 5.96 Å². The second-order valence-corrected chi connectivity index (χ2v) is 7.47. The highest BCUT2D eigenvalue weighted by Crippen LogP contribution is 2.63. The number of fused-ring (bicyclic) bond motifs is 2. The van der Waals surface area contributed by atoms with Crippen molar-refractivity contribution >= 4 is 5.96 Å². The summed E-state index contributed by atoms with van der Waals surface area (Å²) >= 11 is 0. The van der Waals surface area contributed by atoms with E-state index in [2.05, 4.69) is 31.0 Å². The first-order valence-electron chi connectivity index (χ1n) is 7.74. The Morgan fingerprint density at radius 2 is 2.11 bits per heavy atom. The van der Waals surface area contributed by atoms with Crippen molar-refractivity contribution < 1.29 is 0 Å². The molecule has 2 unspecified atom stereocenters. The molecule has 1 aliphatic heterocycles. The zero-order valence-corrected chi connectivity index (χ0v) is 12.4. The van der Waals surface area contributed by atoms with Crippen LogP contribution in [-0.4, -0.2) is 36.5 Å². The highest BCUT2D eigenvalue weighted by Gasteiger charge is 2.57. The standard InChI is InChI=1S/C15H28N4/c1-9-11(6-10-7-12(9)15(10,2)3)13-8-18-4-5-19(13)14(16)17/h9-13,18H,4-8H2,1-3H3,(H3,16,17)/t9-,10+,11?,12+,13?/m1/s1. The van der Waals surface area contributed by atoms with Gasteiger partial charge in [0.05, 0.1) is 0 Å². The molecule has 4 N–H and O–H groups in total. The summed E-state index contributed by atoms with van der Waals surface area (Å²) in [6.45, 7) is 10.2. The molecule has 4 rings (SSSR count). The van der Waals surface area contributed by atoms with Crippen molar-refractivity contribution in [3.05, 3.63) is 0 Å². The molecule has 1 saturated heterocycles. The molecule has 3 aliphatic carbocycles. The predicted molar refractivity (Wildman–Crippen MR) is 77.9 cm³/mol. The van der Waals surface area contributed by atoms with E-state index in [0.29, 0.717) is 17.4 Å². The minimum Gasteiger partial charge on any atom is -0.370 e. The summed E-state index contributed by atoms with van der Waals surface area (Å²) < 4.78 is 0. The van der Waals surface area contributed by atoms with Crippen molar-refractivity contribution in [2.75, 3.05) is 19.6 Å². The Morgan fingerprint density at radius 3 is 2.68 bits per heavy atom. The number of guanidine groups is 1. The lowest BCUT2D eigenvalue weighted by Crippen LogP contribution is -2.64. The van der Waals surface area contributed by atoms with Gasteiger partial charge in [-0.3, -0.25) is 5.41 Å². The number of hydrogen-bond donors (Lipinski definition) is 3. The van der Waals surface area contributed by atoms with Gasteiger partial charge in [-0.05, 0) is 41.9 Å². The summed E-state index contributed by atoms with van der Waals surface area (Å²) in [6, 6.07) is 0.433. The third-order valence-electron chi connectivity index (χ3n) is 6.50. The van der Waals surface area contributed by atoms with Gasteiger partial charge in [-0.15, -0.1) is 0 Å². The predicted octanol–water partition coefficient (Wildman–Crippen LogP) is 1.47. The number of rotatable bonds is 1. The van der Waals surface area contributed by atoms with E-state index < -0.39 is 0 Å². The van der Waals surface area contributed by atoms with Crippen LogP contribution in [0.4, 0.5) is 0 Å². The lowest BCUT2D eigenvalue weighted by molar-refractivity contribution is -0.141. The van der Waals surface area contributed by atoms with Crippen LogP contribution in [-0.2, 0) is 0 Å². The number of piperazine rings is 1. The van der Waals surface area contributed by atoms with E-state index >= 15 is 0 Å². The summed E-state index contributed by atoms with van der Waals surface area (Å²) in [5, 5.41) is 11.3. The molecule has 2 bridgehead atoms. The van der Waals surface area contributed by atoms with Crippen molar-refractivity contribution in [3.8, 4) is 0 Å². The molecule has 1 heterocycles. The normalized spacial score (nSPS) is 44.6. The second-order valence-electron chi connectivity index (χ2n) is 7.47. The lowest BCUT2D eigenvalue weighted by Gasteiger charge is -2.64. The fourth-order valence-electron chi connectivity index (χ4n) is 5.10. The molecule has 4 nitrogen and oxygen atoms in total. The first-order valence-corrected chi connectivity index (χ1v) is 7.74. The highest BCUT2D eigenvalue weighted by atomic mass is 15.3. The van der Waals surface area contributed by atoms with Gasteiger partial charge in [-0.1, -0.05) is 20.8 Å². The fraction of sp³-hybridized carbons (Fsp3) is 0.933. The Kier molecular flexibility index (Phi) is 3.04. The molecule has 3 saturated carbocycles. The second kappa shape index (κ2) is 4.37. The maximum atomic E-state index is 7.82. The SMILES string of the molecule is C[C@@H]1C(C2CNCCN2C(=N)N)C[C@H]2C[C@@H]1C2(C)C. The van der Waals surface area contributed by atoms with E-state index in [1.165, 1.54) is 12.8 Å². The minimum atomic E-state index is 0.261. The lowest BCUT2D eigenvalue weighted by atomic mass is 9.42. The molecule has 4 aliphatic rings. The molecule has 108 valence electrons. The molecule has 5 atom stereocenters. The van der Waals surface area contributed by atoms with E-state index in [1.54, 1.807) is 0 Å². The van der Waals surface area contributed by atoms with Crippen LogP contribution in [0.3, 0.4) is 0 Å². The van der Waals surface area contributed by atoms with E-state index in [0.717, 1.165) is 37.4 Å². The van der Waals surface area contributed by atoms with Gasteiger partial charge in [-0.25, -0.2) is 0 Å². The van der Waals surface area contributed by atoms with Crippen LogP contribution >= 0.6 is 0 Å². The minimum absolute atomic E-state index is 0.261. The number of nitrogens with two attached hydrogens (primary N) is 1. The largest absolute Gasteiger partial charge is 0.370 e. The van der Waals surface area contributed by atoms with Crippen molar-refractivity contribution in [3.63, 3.8) is 0 Å². The van der Waals surface area contributed by atoms with Crippen LogP contribution in [0.1, 0.15) is 33.6 Å². The Balaban J connectivity index is 1.77. The van der Waals surface area contributed by atoms with E-state index in [9.17, 15) is 0 Å². The molecular weight excluding hydrogens is 236 g/mol. The monoisotopic (exact) mass is 264 g/mol. The Hall–Kier alpha value is -0.770. The average molecular weight is 264 g/mol. The van der Waals surface area contributed by atoms with Gasteiger partial charge in [0.2, 0.25) is 0 Å². The van der Waals surface area contributed by atoms with Crippen LogP contribution in [0.15, 0.2) is 0 Å². The Labute approximate surface area is 116 Å². The highest BCUT2D eigenvalue weighted by molar-refractivity contribution is 5.75. The molecule has 19 heavy (non-hydrogen) atoms. The van der Waals surface area contributed by atoms with E-state index in [4.69, 9.17) is 11.1 Å². The zero-order chi connectivity index (χ0) is 13.8. The molecule has 0 amide bonds. The van der Waals surface area contributed by atoms with Gasteiger partial charge in [0.25, 0.3) is 0 Å². The average Bonchev–Trinajstić information content (AvgIpc) is 2.38. The third-order valence-corrected chi connectivity index (χ3v) is 6.50. The molecule has 0 radical (unpaired) electrons. The summed E-state index contributed by atoms with van der Waals surface area (Å²) in [7, 11) is 0. The van der Waals surface area contributed by atoms with Gasteiger partial charge in [0.15, 0.2) is 5.96 Å². The molecule has 4 heteroatoms. The zero-order valence-electron chi connectivity index (χ0n) is 12.4. The smallest absolute Gasteiger partial charge is 0.188 e. The van der Waals surface area contributed by atoms with Crippen molar-refractivity contribution in [2.24, 2.45) is 34.8 Å². The summed E-state index contributed by atoms with van der Waals surface area (Å²) in [4.78, 5) is 2.13. The van der Waals surface area contributed by atoms with Gasteiger partial charge >= 0.3 is 0 Å². The van der Waals surface area contributed by atoms with Crippen molar-refractivity contribution in [2.45, 2.75) is 39.7 Å². The Morgan fingerprint density at radius 1 is 1.37 bits per heavy atom. The molecule has 0 spiro atoms. The van der Waals surface area contributed by atoms with Gasteiger partial charge in [0, 0.05) is 25.7 Å². The van der Waals surface area contributed by atoms with Crippen molar-refractivity contribution in [1.29, 1.82) is 5.41 Å². The van der Waals surface area contributed by atoms with Crippen LogP contribution < -0.4 is 11.1 Å². The van der Waals surface area contributed by atoms with Crippen LogP contribution in [0.2, 0.25) is 0 Å². The molecule has 0 aromatic heterocycles. The van der Waals surface area contributed by atoms with Crippen molar-refractivity contribution in [1.82, 2.24) is 10.2 Å². The molecular formula is C15H28N4. The maximum absolute atomic E-state index is 7.82.